The number of ether oxygens (including phenoxy) is 2. The van der Waals surface area contributed by atoms with E-state index in [1.54, 1.807) is 30.3 Å². The number of piperidine rings is 2. The first-order valence-corrected chi connectivity index (χ1v) is 17.9. The van der Waals surface area contributed by atoms with Gasteiger partial charge in [0, 0.05) is 31.3 Å². The number of rotatable bonds is 11. The lowest BCUT2D eigenvalue weighted by Crippen LogP contribution is -2.54. The van der Waals surface area contributed by atoms with E-state index in [4.69, 9.17) is 9.47 Å². The Morgan fingerprint density at radius 2 is 1.72 bits per heavy atom. The van der Waals surface area contributed by atoms with Crippen molar-refractivity contribution in [1.82, 2.24) is 30.1 Å². The molecule has 2 N–H and O–H groups in total. The Morgan fingerprint density at radius 3 is 2.53 bits per heavy atom. The average Bonchev–Trinajstić information content (AvgIpc) is 3.37. The molecule has 0 spiro atoms. The van der Waals surface area contributed by atoms with Crippen molar-refractivity contribution in [3.05, 3.63) is 77.6 Å². The number of carbonyl (C=O) groups is 4. The van der Waals surface area contributed by atoms with Gasteiger partial charge in [-0.2, -0.15) is 0 Å². The van der Waals surface area contributed by atoms with Gasteiger partial charge >= 0.3 is 0 Å². The Balaban J connectivity index is 0.754. The van der Waals surface area contributed by atoms with Crippen molar-refractivity contribution in [3.63, 3.8) is 0 Å². The van der Waals surface area contributed by atoms with E-state index in [0.717, 1.165) is 62.8 Å². The van der Waals surface area contributed by atoms with Crippen molar-refractivity contribution in [2.75, 3.05) is 31.6 Å². The lowest BCUT2D eigenvalue weighted by molar-refractivity contribution is -0.136. The fraction of sp³-hybridized carbons (Fsp3) is 0.395. The molecule has 3 aliphatic heterocycles. The molecule has 3 fully saturated rings. The molecular weight excluding hydrogens is 688 g/mol. The predicted octanol–water partition coefficient (Wildman–Crippen LogP) is 4.79. The van der Waals surface area contributed by atoms with Crippen molar-refractivity contribution in [2.24, 2.45) is 11.8 Å². The Labute approximate surface area is 303 Å². The second-order valence-corrected chi connectivity index (χ2v) is 14.1. The lowest BCUT2D eigenvalue weighted by atomic mass is 9.81. The molecule has 1 unspecified atom stereocenters. The fourth-order valence-corrected chi connectivity index (χ4v) is 7.60. The number of benzene rings is 1. The Bertz CT molecular complexity index is 2100. The maximum Gasteiger partial charge on any atom is 0.262 e. The van der Waals surface area contributed by atoms with E-state index < -0.39 is 41.3 Å². The first-order chi connectivity index (χ1) is 25.7. The number of anilines is 2. The second-order valence-electron chi connectivity index (χ2n) is 14.1. The topological polar surface area (TPSA) is 156 Å². The van der Waals surface area contributed by atoms with Crippen LogP contribution in [0.3, 0.4) is 0 Å². The van der Waals surface area contributed by atoms with Crippen molar-refractivity contribution < 1.29 is 37.4 Å². The van der Waals surface area contributed by atoms with Crippen molar-refractivity contribution in [3.8, 4) is 11.6 Å². The zero-order chi connectivity index (χ0) is 36.6. The first kappa shape index (κ1) is 34.5. The smallest absolute Gasteiger partial charge is 0.262 e. The third-order valence-corrected chi connectivity index (χ3v) is 10.5. The maximum atomic E-state index is 14.6. The number of hydrogen-bond acceptors (Lipinski definition) is 11. The summed E-state index contributed by atoms with van der Waals surface area (Å²) in [5.74, 6) is -1.37. The number of likely N-dealkylation sites (tertiary alicyclic amines) is 1. The van der Waals surface area contributed by atoms with Crippen LogP contribution in [0.4, 0.5) is 20.3 Å². The minimum absolute atomic E-state index is 0.0176. The minimum atomic E-state index is -1.00. The number of amides is 4. The van der Waals surface area contributed by atoms with Gasteiger partial charge in [-0.05, 0) is 93.8 Å². The molecule has 1 aromatic carbocycles. The summed E-state index contributed by atoms with van der Waals surface area (Å²) in [6.07, 6.45) is 7.44. The van der Waals surface area contributed by atoms with Crippen molar-refractivity contribution >= 4 is 46.2 Å². The Hall–Kier alpha value is -5.57. The normalized spacial score (nSPS) is 22.1. The highest BCUT2D eigenvalue weighted by molar-refractivity contribution is 6.23. The second kappa shape index (κ2) is 14.5. The predicted molar refractivity (Wildman–Crippen MR) is 187 cm³/mol. The van der Waals surface area contributed by atoms with Crippen LogP contribution in [0.25, 0.3) is 11.0 Å². The highest BCUT2D eigenvalue weighted by atomic mass is 19.1. The number of pyridine rings is 3. The molecule has 3 aromatic heterocycles. The van der Waals surface area contributed by atoms with Gasteiger partial charge in [0.25, 0.3) is 11.8 Å². The molecule has 53 heavy (non-hydrogen) atoms. The van der Waals surface area contributed by atoms with Crippen LogP contribution in [0.5, 0.6) is 11.6 Å². The van der Waals surface area contributed by atoms with Crippen LogP contribution in [0.2, 0.25) is 0 Å². The first-order valence-electron chi connectivity index (χ1n) is 17.9. The van der Waals surface area contributed by atoms with Crippen molar-refractivity contribution in [2.45, 2.75) is 57.1 Å². The van der Waals surface area contributed by atoms with E-state index in [-0.39, 0.29) is 53.0 Å². The number of aromatic nitrogens is 3. The molecule has 1 aliphatic carbocycles. The van der Waals surface area contributed by atoms with E-state index in [9.17, 15) is 28.0 Å². The van der Waals surface area contributed by atoms with Crippen LogP contribution < -0.4 is 20.1 Å². The number of carbonyl (C=O) groups excluding carboxylic acids is 4. The molecule has 274 valence electrons. The number of hydrogen-bond donors (Lipinski definition) is 2. The molecule has 8 rings (SSSR count). The summed E-state index contributed by atoms with van der Waals surface area (Å²) in [7, 11) is 0. The molecule has 6 heterocycles. The van der Waals surface area contributed by atoms with Gasteiger partial charge in [-0.1, -0.05) is 0 Å². The maximum absolute atomic E-state index is 14.6. The summed E-state index contributed by atoms with van der Waals surface area (Å²) in [6.45, 7) is 3.45. The molecule has 4 aliphatic rings. The van der Waals surface area contributed by atoms with E-state index in [1.165, 1.54) is 18.3 Å². The van der Waals surface area contributed by atoms with Gasteiger partial charge in [0.2, 0.25) is 17.7 Å². The number of nitrogens with zero attached hydrogens (tertiary/aromatic N) is 5. The van der Waals surface area contributed by atoms with Gasteiger partial charge in [0.15, 0.2) is 11.6 Å². The fourth-order valence-electron chi connectivity index (χ4n) is 7.60. The molecule has 1 atom stereocenters. The third kappa shape index (κ3) is 7.25. The van der Waals surface area contributed by atoms with Crippen molar-refractivity contribution in [1.29, 1.82) is 0 Å². The van der Waals surface area contributed by atoms with Gasteiger partial charge in [-0.15, -0.1) is 0 Å². The zero-order valence-corrected chi connectivity index (χ0v) is 28.7. The van der Waals surface area contributed by atoms with E-state index in [0.29, 0.717) is 29.7 Å². The van der Waals surface area contributed by atoms with Crippen LogP contribution >= 0.6 is 0 Å². The molecule has 0 radical (unpaired) electrons. The Morgan fingerprint density at radius 1 is 0.906 bits per heavy atom. The van der Waals surface area contributed by atoms with Crippen LogP contribution in [-0.4, -0.2) is 86.8 Å². The zero-order valence-electron chi connectivity index (χ0n) is 28.7. The van der Waals surface area contributed by atoms with E-state index in [2.05, 4.69) is 30.5 Å². The van der Waals surface area contributed by atoms with E-state index >= 15 is 0 Å². The summed E-state index contributed by atoms with van der Waals surface area (Å²) < 4.78 is 41.1. The largest absolute Gasteiger partial charge is 0.494 e. The minimum Gasteiger partial charge on any atom is -0.494 e. The standard InChI is InChI=1S/C38H37F2N7O6/c39-27-17-32(43-29-2-1-10-41-35(27)29)44-30-18-34(42-19-28(30)40)53-24-14-22(15-24)20-46-11-7-21(8-12-46)9-13-52-23-3-4-25-26(16-23)38(51)47(37(25)50)31-5-6-33(48)45-36(31)49/h1-4,10,16-19,21-22,24,31H,5-9,11-15,20H2,(H,42,43,44)(H,45,48,49)/t22-,24-,31?. The molecule has 4 aromatic rings. The van der Waals surface area contributed by atoms with Crippen LogP contribution in [0.15, 0.2) is 54.9 Å². The molecule has 4 amide bonds. The average molecular weight is 726 g/mol. The quantitative estimate of drug-likeness (QED) is 0.205. The number of fused-ring (bicyclic) bond motifs is 2. The summed E-state index contributed by atoms with van der Waals surface area (Å²) in [5, 5.41) is 5.04. The molecular formula is C38H37F2N7O6. The molecule has 1 saturated carbocycles. The number of imide groups is 2. The lowest BCUT2D eigenvalue weighted by Gasteiger charge is -2.40. The molecule has 0 bridgehead atoms. The van der Waals surface area contributed by atoms with Gasteiger partial charge in [0.1, 0.15) is 29.2 Å². The molecule has 15 heteroatoms. The highest BCUT2D eigenvalue weighted by Gasteiger charge is 2.44. The number of halogens is 2. The van der Waals surface area contributed by atoms with Crippen LogP contribution in [0, 0.1) is 23.5 Å². The van der Waals surface area contributed by atoms with Gasteiger partial charge < -0.3 is 19.7 Å². The monoisotopic (exact) mass is 725 g/mol. The van der Waals surface area contributed by atoms with Gasteiger partial charge in [0.05, 0.1) is 35.1 Å². The van der Waals surface area contributed by atoms with Gasteiger partial charge in [-0.25, -0.2) is 18.7 Å². The summed E-state index contributed by atoms with van der Waals surface area (Å²) in [4.78, 5) is 65.7. The van der Waals surface area contributed by atoms with Crippen LogP contribution in [0.1, 0.15) is 65.7 Å². The van der Waals surface area contributed by atoms with E-state index in [1.807, 2.05) is 0 Å². The Kier molecular flexibility index (Phi) is 9.41. The molecule has 13 nitrogen and oxygen atoms in total. The summed E-state index contributed by atoms with van der Waals surface area (Å²) in [6, 6.07) is 9.72. The highest BCUT2D eigenvalue weighted by Crippen LogP contribution is 2.35. The van der Waals surface area contributed by atoms with Gasteiger partial charge in [-0.3, -0.25) is 34.4 Å². The summed E-state index contributed by atoms with van der Waals surface area (Å²) in [5.41, 5.74) is 1.02. The summed E-state index contributed by atoms with van der Waals surface area (Å²) >= 11 is 0. The number of nitrogens with one attached hydrogen (secondary N) is 2. The SMILES string of the molecule is O=C1CCC(N2C(=O)c3ccc(OCCC4CCN(C[C@H]5C[C@H](Oc6cc(Nc7cc(F)c8ncccc8n7)c(F)cn6)C5)CC4)cc3C2=O)C(=O)N1. The van der Waals surface area contributed by atoms with Crippen LogP contribution in [-0.2, 0) is 9.59 Å². The third-order valence-electron chi connectivity index (χ3n) is 10.5. The molecule has 2 saturated heterocycles.